The number of ether oxygens (including phenoxy) is 2. The number of aromatic nitrogens is 2. The Hall–Kier alpha value is -3.87. The van der Waals surface area contributed by atoms with Gasteiger partial charge in [-0.05, 0) is 37.3 Å². The number of pyridine rings is 1. The fourth-order valence-corrected chi connectivity index (χ4v) is 3.18. The van der Waals surface area contributed by atoms with Crippen LogP contribution in [0.5, 0.6) is 11.5 Å². The van der Waals surface area contributed by atoms with E-state index in [0.717, 1.165) is 16.5 Å². The molecule has 1 amide bonds. The molecule has 2 aromatic heterocycles. The number of nitrogens with one attached hydrogen (secondary N) is 1. The molecule has 0 saturated heterocycles. The Bertz CT molecular complexity index is 1220. The van der Waals surface area contributed by atoms with E-state index in [1.54, 1.807) is 19.1 Å². The Morgan fingerprint density at radius 3 is 2.75 bits per heavy atom. The molecule has 3 heterocycles. The van der Waals surface area contributed by atoms with Gasteiger partial charge in [0.1, 0.15) is 5.76 Å². The molecular formula is C21H15N3O4. The lowest BCUT2D eigenvalue weighted by atomic mass is 10.0. The third-order valence-corrected chi connectivity index (χ3v) is 4.50. The van der Waals surface area contributed by atoms with Gasteiger partial charge in [-0.2, -0.15) is 0 Å². The standard InChI is InChI=1S/C21H15N3O4/c1-12-8-20(24-28-12)23-21(25)15-10-17(22-16-5-3-2-4-14(15)16)13-6-7-18-19(9-13)27-11-26-18/h2-10H,11H2,1H3,(H,23,24,25). The Kier molecular flexibility index (Phi) is 3.72. The van der Waals surface area contributed by atoms with Gasteiger partial charge in [-0.25, -0.2) is 4.98 Å². The summed E-state index contributed by atoms with van der Waals surface area (Å²) < 4.78 is 15.8. The van der Waals surface area contributed by atoms with E-state index < -0.39 is 0 Å². The van der Waals surface area contributed by atoms with Gasteiger partial charge in [0.05, 0.1) is 16.8 Å². The van der Waals surface area contributed by atoms with Gasteiger partial charge in [-0.15, -0.1) is 0 Å². The van der Waals surface area contributed by atoms with Gasteiger partial charge < -0.3 is 19.3 Å². The van der Waals surface area contributed by atoms with Crippen LogP contribution in [0, 0.1) is 6.92 Å². The molecule has 0 aliphatic carbocycles. The lowest BCUT2D eigenvalue weighted by molar-refractivity contribution is 0.102. The number of fused-ring (bicyclic) bond motifs is 2. The van der Waals surface area contributed by atoms with Gasteiger partial charge in [0.15, 0.2) is 17.3 Å². The van der Waals surface area contributed by atoms with E-state index in [2.05, 4.69) is 10.5 Å². The van der Waals surface area contributed by atoms with Crippen LogP contribution in [0.3, 0.4) is 0 Å². The van der Waals surface area contributed by atoms with E-state index in [4.69, 9.17) is 19.0 Å². The van der Waals surface area contributed by atoms with Crippen LogP contribution in [0.4, 0.5) is 5.82 Å². The van der Waals surface area contributed by atoms with Crippen LogP contribution in [0.2, 0.25) is 0 Å². The first-order chi connectivity index (χ1) is 13.7. The highest BCUT2D eigenvalue weighted by Gasteiger charge is 2.18. The Balaban J connectivity index is 1.60. The number of amides is 1. The van der Waals surface area contributed by atoms with Crippen LogP contribution in [-0.4, -0.2) is 22.8 Å². The van der Waals surface area contributed by atoms with Crippen molar-refractivity contribution in [2.24, 2.45) is 0 Å². The Morgan fingerprint density at radius 1 is 1.04 bits per heavy atom. The molecule has 0 radical (unpaired) electrons. The number of benzene rings is 2. The van der Waals surface area contributed by atoms with Crippen molar-refractivity contribution >= 4 is 22.6 Å². The van der Waals surface area contributed by atoms with Gasteiger partial charge in [-0.3, -0.25) is 4.79 Å². The molecule has 0 saturated carbocycles. The first-order valence-electron chi connectivity index (χ1n) is 8.72. The summed E-state index contributed by atoms with van der Waals surface area (Å²) in [6.07, 6.45) is 0. The number of nitrogens with zero attached hydrogens (tertiary/aromatic N) is 2. The monoisotopic (exact) mass is 373 g/mol. The lowest BCUT2D eigenvalue weighted by Gasteiger charge is -2.10. The average Bonchev–Trinajstić information content (AvgIpc) is 3.35. The number of carbonyl (C=O) groups is 1. The zero-order valence-electron chi connectivity index (χ0n) is 14.9. The second-order valence-corrected chi connectivity index (χ2v) is 6.42. The summed E-state index contributed by atoms with van der Waals surface area (Å²) in [4.78, 5) is 17.7. The molecule has 1 aliphatic heterocycles. The van der Waals surface area contributed by atoms with Crippen molar-refractivity contribution in [3.8, 4) is 22.8 Å². The number of anilines is 1. The van der Waals surface area contributed by atoms with Crippen LogP contribution < -0.4 is 14.8 Å². The lowest BCUT2D eigenvalue weighted by Crippen LogP contribution is -2.13. The maximum Gasteiger partial charge on any atom is 0.257 e. The maximum absolute atomic E-state index is 12.9. The molecule has 5 rings (SSSR count). The summed E-state index contributed by atoms with van der Waals surface area (Å²) in [7, 11) is 0. The molecule has 1 N–H and O–H groups in total. The second kappa shape index (κ2) is 6.38. The Labute approximate surface area is 159 Å². The number of hydrogen-bond donors (Lipinski definition) is 1. The summed E-state index contributed by atoms with van der Waals surface area (Å²) >= 11 is 0. The summed E-state index contributed by atoms with van der Waals surface area (Å²) in [6.45, 7) is 1.97. The summed E-state index contributed by atoms with van der Waals surface area (Å²) in [5.74, 6) is 2.07. The topological polar surface area (TPSA) is 86.5 Å². The summed E-state index contributed by atoms with van der Waals surface area (Å²) in [5.41, 5.74) is 2.72. The highest BCUT2D eigenvalue weighted by Crippen LogP contribution is 2.36. The first kappa shape index (κ1) is 16.3. The number of rotatable bonds is 3. The predicted molar refractivity (Wildman–Crippen MR) is 102 cm³/mol. The summed E-state index contributed by atoms with van der Waals surface area (Å²) in [5, 5.41) is 7.36. The quantitative estimate of drug-likeness (QED) is 0.580. The van der Waals surface area contributed by atoms with Crippen molar-refractivity contribution in [3.63, 3.8) is 0 Å². The van der Waals surface area contributed by atoms with E-state index in [1.807, 2.05) is 42.5 Å². The smallest absolute Gasteiger partial charge is 0.257 e. The highest BCUT2D eigenvalue weighted by molar-refractivity contribution is 6.12. The minimum absolute atomic E-state index is 0.203. The summed E-state index contributed by atoms with van der Waals surface area (Å²) in [6, 6.07) is 16.5. The molecular weight excluding hydrogens is 358 g/mol. The third kappa shape index (κ3) is 2.83. The van der Waals surface area contributed by atoms with E-state index in [9.17, 15) is 4.79 Å². The fourth-order valence-electron chi connectivity index (χ4n) is 3.18. The number of para-hydroxylation sites is 1. The van der Waals surface area contributed by atoms with Crippen molar-refractivity contribution < 1.29 is 18.8 Å². The van der Waals surface area contributed by atoms with E-state index in [1.165, 1.54) is 0 Å². The van der Waals surface area contributed by atoms with Crippen LogP contribution in [0.25, 0.3) is 22.2 Å². The van der Waals surface area contributed by atoms with Crippen molar-refractivity contribution in [1.82, 2.24) is 10.1 Å². The normalized spacial score (nSPS) is 12.3. The first-order valence-corrected chi connectivity index (χ1v) is 8.72. The molecule has 138 valence electrons. The molecule has 2 aromatic carbocycles. The zero-order valence-corrected chi connectivity index (χ0v) is 14.9. The van der Waals surface area contributed by atoms with Gasteiger partial charge in [0.25, 0.3) is 5.91 Å². The third-order valence-electron chi connectivity index (χ3n) is 4.50. The largest absolute Gasteiger partial charge is 0.454 e. The zero-order chi connectivity index (χ0) is 19.1. The van der Waals surface area contributed by atoms with Crippen molar-refractivity contribution in [1.29, 1.82) is 0 Å². The molecule has 0 fully saturated rings. The number of carbonyl (C=O) groups excluding carboxylic acids is 1. The van der Waals surface area contributed by atoms with Gasteiger partial charge in [-0.1, -0.05) is 23.4 Å². The molecule has 28 heavy (non-hydrogen) atoms. The minimum Gasteiger partial charge on any atom is -0.454 e. The van der Waals surface area contributed by atoms with Crippen LogP contribution in [0.1, 0.15) is 16.1 Å². The van der Waals surface area contributed by atoms with Gasteiger partial charge >= 0.3 is 0 Å². The molecule has 7 nitrogen and oxygen atoms in total. The number of aryl methyl sites for hydroxylation is 1. The van der Waals surface area contributed by atoms with Crippen molar-refractivity contribution in [3.05, 3.63) is 65.9 Å². The molecule has 1 aliphatic rings. The molecule has 7 heteroatoms. The van der Waals surface area contributed by atoms with Gasteiger partial charge in [0.2, 0.25) is 6.79 Å². The van der Waals surface area contributed by atoms with Crippen LogP contribution in [0.15, 0.2) is 59.1 Å². The molecule has 0 unspecified atom stereocenters. The molecule has 0 atom stereocenters. The second-order valence-electron chi connectivity index (χ2n) is 6.42. The number of hydrogen-bond acceptors (Lipinski definition) is 6. The molecule has 0 spiro atoms. The van der Waals surface area contributed by atoms with E-state index in [-0.39, 0.29) is 12.7 Å². The van der Waals surface area contributed by atoms with Crippen molar-refractivity contribution in [2.75, 3.05) is 12.1 Å². The fraction of sp³-hybridized carbons (Fsp3) is 0.0952. The average molecular weight is 373 g/mol. The van der Waals surface area contributed by atoms with Crippen LogP contribution in [-0.2, 0) is 0 Å². The molecule has 0 bridgehead atoms. The Morgan fingerprint density at radius 2 is 1.89 bits per heavy atom. The van der Waals surface area contributed by atoms with E-state index in [0.29, 0.717) is 34.3 Å². The predicted octanol–water partition coefficient (Wildman–Crippen LogP) is 4.18. The van der Waals surface area contributed by atoms with E-state index >= 15 is 0 Å². The SMILES string of the molecule is Cc1cc(NC(=O)c2cc(-c3ccc4c(c3)OCO4)nc3ccccc23)no1. The maximum atomic E-state index is 12.9. The van der Waals surface area contributed by atoms with Gasteiger partial charge in [0, 0.05) is 17.0 Å². The van der Waals surface area contributed by atoms with Crippen LogP contribution >= 0.6 is 0 Å². The highest BCUT2D eigenvalue weighted by atomic mass is 16.7. The minimum atomic E-state index is -0.283. The molecule has 4 aromatic rings. The van der Waals surface area contributed by atoms with Crippen molar-refractivity contribution in [2.45, 2.75) is 6.92 Å².